The van der Waals surface area contributed by atoms with E-state index in [1.807, 2.05) is 0 Å². The van der Waals surface area contributed by atoms with Crippen LogP contribution in [0.15, 0.2) is 11.6 Å². The van der Waals surface area contributed by atoms with Gasteiger partial charge in [0.15, 0.2) is 5.82 Å². The highest BCUT2D eigenvalue weighted by Crippen LogP contribution is 2.59. The van der Waals surface area contributed by atoms with Crippen molar-refractivity contribution < 1.29 is 4.79 Å². The summed E-state index contributed by atoms with van der Waals surface area (Å²) < 4.78 is 2.19. The minimum absolute atomic E-state index is 0.0586. The first-order valence-electron chi connectivity index (χ1n) is 8.75. The second-order valence-electron chi connectivity index (χ2n) is 7.78. The topological polar surface area (TPSA) is 59.8 Å². The van der Waals surface area contributed by atoms with Gasteiger partial charge in [-0.2, -0.15) is 0 Å². The van der Waals surface area contributed by atoms with Crippen LogP contribution >= 0.6 is 0 Å². The lowest BCUT2D eigenvalue weighted by Crippen LogP contribution is -2.28. The Morgan fingerprint density at radius 3 is 2.83 bits per heavy atom. The van der Waals surface area contributed by atoms with Crippen LogP contribution in [0.1, 0.15) is 58.6 Å². The Morgan fingerprint density at radius 2 is 2.09 bits per heavy atom. The van der Waals surface area contributed by atoms with Crippen LogP contribution in [-0.4, -0.2) is 20.7 Å². The van der Waals surface area contributed by atoms with Gasteiger partial charge in [0.1, 0.15) is 5.82 Å². The predicted molar refractivity (Wildman–Crippen MR) is 89.6 cm³/mol. The summed E-state index contributed by atoms with van der Waals surface area (Å²) in [4.78, 5) is 12.5. The first-order valence-corrected chi connectivity index (χ1v) is 8.75. The van der Waals surface area contributed by atoms with Gasteiger partial charge in [-0.05, 0) is 38.0 Å². The molecule has 5 nitrogen and oxygen atoms in total. The van der Waals surface area contributed by atoms with Crippen LogP contribution in [0.2, 0.25) is 0 Å². The number of nitrogens with one attached hydrogen (secondary N) is 1. The predicted octanol–water partition coefficient (Wildman–Crippen LogP) is 2.86. The third-order valence-corrected chi connectivity index (χ3v) is 5.31. The molecule has 1 saturated carbocycles. The van der Waals surface area contributed by atoms with Gasteiger partial charge in [-0.15, -0.1) is 10.2 Å². The maximum absolute atomic E-state index is 12.5. The van der Waals surface area contributed by atoms with Gasteiger partial charge in [-0.1, -0.05) is 31.9 Å². The Bertz CT molecular complexity index is 625. The largest absolute Gasteiger partial charge is 0.349 e. The van der Waals surface area contributed by atoms with Crippen molar-refractivity contribution in [3.8, 4) is 0 Å². The Balaban J connectivity index is 1.62. The highest BCUT2D eigenvalue weighted by Gasteiger charge is 2.60. The number of carbonyl (C=O) groups excluding carboxylic acids is 1. The van der Waals surface area contributed by atoms with Crippen LogP contribution in [0, 0.1) is 17.3 Å². The fourth-order valence-corrected chi connectivity index (χ4v) is 3.80. The zero-order chi connectivity index (χ0) is 16.6. The van der Waals surface area contributed by atoms with Crippen molar-refractivity contribution >= 4 is 5.91 Å². The number of aryl methyl sites for hydroxylation is 1. The molecule has 23 heavy (non-hydrogen) atoms. The van der Waals surface area contributed by atoms with Crippen LogP contribution in [0.3, 0.4) is 0 Å². The molecule has 1 fully saturated rings. The van der Waals surface area contributed by atoms with E-state index in [0.29, 0.717) is 12.5 Å². The van der Waals surface area contributed by atoms with Crippen molar-refractivity contribution in [2.24, 2.45) is 17.3 Å². The summed E-state index contributed by atoms with van der Waals surface area (Å²) in [6.07, 6.45) is 6.83. The highest BCUT2D eigenvalue weighted by atomic mass is 16.2. The summed E-state index contributed by atoms with van der Waals surface area (Å²) in [6.45, 7) is 9.99. The van der Waals surface area contributed by atoms with Gasteiger partial charge in [0.25, 0.3) is 0 Å². The summed E-state index contributed by atoms with van der Waals surface area (Å²) in [7, 11) is 0. The summed E-state index contributed by atoms with van der Waals surface area (Å²) >= 11 is 0. The maximum atomic E-state index is 12.5. The first kappa shape index (κ1) is 16.2. The minimum atomic E-state index is 0.0586. The zero-order valence-electron chi connectivity index (χ0n) is 14.7. The number of carbonyl (C=O) groups is 1. The van der Waals surface area contributed by atoms with Crippen LogP contribution in [0.5, 0.6) is 0 Å². The fourth-order valence-electron chi connectivity index (χ4n) is 3.80. The van der Waals surface area contributed by atoms with Crippen molar-refractivity contribution in [1.29, 1.82) is 0 Å². The van der Waals surface area contributed by atoms with Crippen molar-refractivity contribution in [2.45, 2.75) is 66.5 Å². The van der Waals surface area contributed by atoms with Crippen molar-refractivity contribution in [3.63, 3.8) is 0 Å². The second-order valence-corrected chi connectivity index (χ2v) is 7.78. The van der Waals surface area contributed by atoms with Crippen molar-refractivity contribution in [1.82, 2.24) is 20.1 Å². The molecule has 1 aromatic rings. The lowest BCUT2D eigenvalue weighted by Gasteiger charge is -2.08. The van der Waals surface area contributed by atoms with E-state index in [1.54, 1.807) is 0 Å². The number of hydrogen-bond acceptors (Lipinski definition) is 3. The summed E-state index contributed by atoms with van der Waals surface area (Å²) in [5, 5.41) is 11.7. The number of aromatic nitrogens is 3. The summed E-state index contributed by atoms with van der Waals surface area (Å²) in [6, 6.07) is 0. The number of allylic oxidation sites excluding steroid dienone is 2. The monoisotopic (exact) mass is 316 g/mol. The summed E-state index contributed by atoms with van der Waals surface area (Å²) in [5.41, 5.74) is 1.34. The van der Waals surface area contributed by atoms with Crippen molar-refractivity contribution in [2.75, 3.05) is 0 Å². The van der Waals surface area contributed by atoms with Gasteiger partial charge in [-0.3, -0.25) is 4.79 Å². The normalized spacial score (nSPS) is 25.2. The minimum Gasteiger partial charge on any atom is -0.349 e. The van der Waals surface area contributed by atoms with E-state index in [2.05, 4.69) is 53.9 Å². The first-order chi connectivity index (χ1) is 10.9. The lowest BCUT2D eigenvalue weighted by atomic mass is 10.1. The SMILES string of the molecule is CC(C)=CC1C(C(=O)NCc2nnc3n2CCCCC3)C1(C)C. The van der Waals surface area contributed by atoms with Crippen LogP contribution < -0.4 is 5.32 Å². The highest BCUT2D eigenvalue weighted by molar-refractivity contribution is 5.83. The molecular weight excluding hydrogens is 288 g/mol. The number of nitrogens with zero attached hydrogens (tertiary/aromatic N) is 3. The van der Waals surface area contributed by atoms with Crippen LogP contribution in [0.4, 0.5) is 0 Å². The molecule has 0 saturated heterocycles. The van der Waals surface area contributed by atoms with Gasteiger partial charge in [-0.25, -0.2) is 0 Å². The van der Waals surface area contributed by atoms with Gasteiger partial charge < -0.3 is 9.88 Å². The van der Waals surface area contributed by atoms with E-state index in [1.165, 1.54) is 24.8 Å². The average molecular weight is 316 g/mol. The molecule has 0 bridgehead atoms. The lowest BCUT2D eigenvalue weighted by molar-refractivity contribution is -0.123. The molecule has 2 heterocycles. The van der Waals surface area contributed by atoms with Gasteiger partial charge in [0, 0.05) is 13.0 Å². The molecule has 0 aromatic carbocycles. The van der Waals surface area contributed by atoms with Gasteiger partial charge in [0.05, 0.1) is 12.5 Å². The second kappa shape index (κ2) is 6.10. The Morgan fingerprint density at radius 1 is 1.30 bits per heavy atom. The quantitative estimate of drug-likeness (QED) is 0.869. The Labute approximate surface area is 138 Å². The number of hydrogen-bond donors (Lipinski definition) is 1. The molecule has 1 aliphatic carbocycles. The molecule has 1 amide bonds. The van der Waals surface area contributed by atoms with Gasteiger partial charge >= 0.3 is 0 Å². The van der Waals surface area contributed by atoms with E-state index in [9.17, 15) is 4.79 Å². The van der Waals surface area contributed by atoms with E-state index in [4.69, 9.17) is 0 Å². The van der Waals surface area contributed by atoms with E-state index < -0.39 is 0 Å². The van der Waals surface area contributed by atoms with Crippen LogP contribution in [0.25, 0.3) is 0 Å². The number of fused-ring (bicyclic) bond motifs is 1. The molecule has 5 heteroatoms. The average Bonchev–Trinajstić information content (AvgIpc) is 2.92. The van der Waals surface area contributed by atoms with E-state index >= 15 is 0 Å². The molecule has 0 spiro atoms. The Kier molecular flexibility index (Phi) is 4.30. The zero-order valence-corrected chi connectivity index (χ0v) is 14.7. The molecular formula is C18H28N4O. The smallest absolute Gasteiger partial charge is 0.224 e. The molecule has 0 radical (unpaired) electrons. The molecule has 2 aliphatic rings. The Hall–Kier alpha value is -1.65. The molecule has 126 valence electrons. The fraction of sp³-hybridized carbons (Fsp3) is 0.722. The van der Waals surface area contributed by atoms with Crippen molar-refractivity contribution in [3.05, 3.63) is 23.3 Å². The summed E-state index contributed by atoms with van der Waals surface area (Å²) in [5.74, 6) is 2.53. The molecule has 1 aliphatic heterocycles. The van der Waals surface area contributed by atoms with Crippen LogP contribution in [-0.2, 0) is 24.3 Å². The third-order valence-electron chi connectivity index (χ3n) is 5.31. The maximum Gasteiger partial charge on any atom is 0.224 e. The molecule has 1 aromatic heterocycles. The molecule has 2 atom stereocenters. The van der Waals surface area contributed by atoms with Gasteiger partial charge in [0.2, 0.25) is 5.91 Å². The molecule has 3 rings (SSSR count). The molecule has 1 N–H and O–H groups in total. The van der Waals surface area contributed by atoms with E-state index in [-0.39, 0.29) is 17.2 Å². The third kappa shape index (κ3) is 3.19. The number of amides is 1. The standard InChI is InChI=1S/C18H28N4O/c1-12(2)10-13-16(18(13,3)4)17(23)19-11-15-21-20-14-8-6-5-7-9-22(14)15/h10,13,16H,5-9,11H2,1-4H3,(H,19,23). The number of rotatable bonds is 4. The molecule has 2 unspecified atom stereocenters. The van der Waals surface area contributed by atoms with E-state index in [0.717, 1.165) is 24.6 Å².